The molecule has 0 bridgehead atoms. The second-order valence-electron chi connectivity index (χ2n) is 6.83. The third-order valence-corrected chi connectivity index (χ3v) is 5.46. The maximum Gasteiger partial charge on any atom is 0.0829 e. The molecule has 4 heteroatoms. The predicted octanol–water partition coefficient (Wildman–Crippen LogP) is 1.81. The molecule has 2 fully saturated rings. The number of hydrogen-bond acceptors (Lipinski definition) is 4. The van der Waals surface area contributed by atoms with Gasteiger partial charge in [0.1, 0.15) is 0 Å². The third-order valence-electron chi connectivity index (χ3n) is 5.46. The van der Waals surface area contributed by atoms with Gasteiger partial charge in [-0.15, -0.1) is 0 Å². The maximum absolute atomic E-state index is 5.99. The van der Waals surface area contributed by atoms with Gasteiger partial charge in [0.05, 0.1) is 12.7 Å². The zero-order chi connectivity index (χ0) is 15.2. The highest BCUT2D eigenvalue weighted by atomic mass is 16.5. The Labute approximate surface area is 131 Å². The lowest BCUT2D eigenvalue weighted by Crippen LogP contribution is -2.56. The van der Waals surface area contributed by atoms with Crippen LogP contribution in [0.3, 0.4) is 0 Å². The third kappa shape index (κ3) is 4.65. The molecule has 0 aromatic rings. The van der Waals surface area contributed by atoms with Gasteiger partial charge in [0.25, 0.3) is 0 Å². The van der Waals surface area contributed by atoms with Crippen molar-refractivity contribution in [2.75, 3.05) is 45.9 Å². The van der Waals surface area contributed by atoms with Gasteiger partial charge in [0.15, 0.2) is 0 Å². The van der Waals surface area contributed by atoms with E-state index in [4.69, 9.17) is 4.74 Å². The second-order valence-corrected chi connectivity index (χ2v) is 6.83. The summed E-state index contributed by atoms with van der Waals surface area (Å²) < 4.78 is 5.99. The van der Waals surface area contributed by atoms with Gasteiger partial charge >= 0.3 is 0 Å². The summed E-state index contributed by atoms with van der Waals surface area (Å²) in [5.41, 5.74) is 0. The minimum absolute atomic E-state index is 0.397. The van der Waals surface area contributed by atoms with E-state index < -0.39 is 0 Å². The topological polar surface area (TPSA) is 27.7 Å². The lowest BCUT2D eigenvalue weighted by molar-refractivity contribution is -0.0560. The first-order valence-corrected chi connectivity index (χ1v) is 8.97. The molecule has 0 aromatic heterocycles. The highest BCUT2D eigenvalue weighted by molar-refractivity contribution is 4.90. The Kier molecular flexibility index (Phi) is 6.93. The van der Waals surface area contributed by atoms with Crippen molar-refractivity contribution in [3.63, 3.8) is 0 Å². The van der Waals surface area contributed by atoms with E-state index in [1.54, 1.807) is 0 Å². The van der Waals surface area contributed by atoms with Crippen LogP contribution in [-0.2, 0) is 4.74 Å². The summed E-state index contributed by atoms with van der Waals surface area (Å²) in [5, 5.41) is 3.73. The number of nitrogens with one attached hydrogen (secondary N) is 1. The van der Waals surface area contributed by atoms with Crippen molar-refractivity contribution < 1.29 is 4.74 Å². The number of likely N-dealkylation sites (tertiary alicyclic amines) is 1. The number of hydrogen-bond donors (Lipinski definition) is 1. The van der Waals surface area contributed by atoms with Crippen LogP contribution in [0, 0.1) is 5.92 Å². The van der Waals surface area contributed by atoms with E-state index in [-0.39, 0.29) is 0 Å². The van der Waals surface area contributed by atoms with Crippen LogP contribution in [0.4, 0.5) is 0 Å². The Morgan fingerprint density at radius 1 is 1.19 bits per heavy atom. The fourth-order valence-electron chi connectivity index (χ4n) is 3.76. The van der Waals surface area contributed by atoms with E-state index in [0.717, 1.165) is 45.2 Å². The van der Waals surface area contributed by atoms with E-state index in [2.05, 4.69) is 42.8 Å². The van der Waals surface area contributed by atoms with Crippen LogP contribution in [0.1, 0.15) is 40.5 Å². The summed E-state index contributed by atoms with van der Waals surface area (Å²) in [6, 6.07) is 1.34. The largest absolute Gasteiger partial charge is 0.374 e. The first-order valence-electron chi connectivity index (χ1n) is 8.97. The monoisotopic (exact) mass is 297 g/mol. The van der Waals surface area contributed by atoms with Crippen molar-refractivity contribution in [1.29, 1.82) is 0 Å². The molecule has 2 rings (SSSR count). The summed E-state index contributed by atoms with van der Waals surface area (Å²) in [6.07, 6.45) is 2.90. The van der Waals surface area contributed by atoms with Gasteiger partial charge < -0.3 is 10.1 Å². The van der Waals surface area contributed by atoms with E-state index in [1.165, 1.54) is 19.4 Å². The van der Waals surface area contributed by atoms with Gasteiger partial charge in [0, 0.05) is 38.3 Å². The van der Waals surface area contributed by atoms with E-state index >= 15 is 0 Å². The smallest absolute Gasteiger partial charge is 0.0829 e. The molecule has 4 atom stereocenters. The van der Waals surface area contributed by atoms with Crippen LogP contribution in [0.2, 0.25) is 0 Å². The van der Waals surface area contributed by atoms with Gasteiger partial charge in [-0.3, -0.25) is 9.80 Å². The highest BCUT2D eigenvalue weighted by Crippen LogP contribution is 2.24. The average molecular weight is 297 g/mol. The molecule has 0 amide bonds. The van der Waals surface area contributed by atoms with Crippen LogP contribution >= 0.6 is 0 Å². The van der Waals surface area contributed by atoms with Crippen molar-refractivity contribution in [2.45, 2.75) is 58.7 Å². The first-order chi connectivity index (χ1) is 10.2. The Morgan fingerprint density at radius 2 is 2.00 bits per heavy atom. The zero-order valence-electron chi connectivity index (χ0n) is 14.5. The zero-order valence-corrected chi connectivity index (χ0v) is 14.5. The van der Waals surface area contributed by atoms with Gasteiger partial charge in [-0.1, -0.05) is 20.8 Å². The number of piperidine rings is 1. The Morgan fingerprint density at radius 3 is 2.71 bits per heavy atom. The molecule has 0 saturated carbocycles. The summed E-state index contributed by atoms with van der Waals surface area (Å²) in [6.45, 7) is 17.0. The number of ether oxygens (including phenoxy) is 1. The van der Waals surface area contributed by atoms with Crippen molar-refractivity contribution in [3.8, 4) is 0 Å². The molecule has 2 aliphatic rings. The number of morpholine rings is 1. The van der Waals surface area contributed by atoms with Crippen LogP contribution < -0.4 is 5.32 Å². The Hall–Kier alpha value is -0.160. The standard InChI is InChI=1S/C17H35N3O/c1-5-8-18-17-7-9-20(15(4)14(17)3)13-16-12-19(6-2)10-11-21-16/h14-18H,5-13H2,1-4H3. The van der Waals surface area contributed by atoms with E-state index in [0.29, 0.717) is 18.2 Å². The van der Waals surface area contributed by atoms with Crippen LogP contribution in [0.25, 0.3) is 0 Å². The first kappa shape index (κ1) is 17.2. The van der Waals surface area contributed by atoms with Crippen molar-refractivity contribution in [3.05, 3.63) is 0 Å². The van der Waals surface area contributed by atoms with Crippen LogP contribution in [0.15, 0.2) is 0 Å². The quantitative estimate of drug-likeness (QED) is 0.809. The SMILES string of the molecule is CCCNC1CCN(CC2CN(CC)CCO2)C(C)C1C. The summed E-state index contributed by atoms with van der Waals surface area (Å²) in [4.78, 5) is 5.16. The fraction of sp³-hybridized carbons (Fsp3) is 1.00. The molecule has 2 aliphatic heterocycles. The molecular formula is C17H35N3O. The van der Waals surface area contributed by atoms with Crippen molar-refractivity contribution >= 4 is 0 Å². The minimum Gasteiger partial charge on any atom is -0.374 e. The Bertz CT molecular complexity index is 300. The van der Waals surface area contributed by atoms with Crippen LogP contribution in [-0.4, -0.2) is 73.9 Å². The lowest BCUT2D eigenvalue weighted by atomic mass is 9.86. The second kappa shape index (κ2) is 8.47. The molecule has 2 saturated heterocycles. The van der Waals surface area contributed by atoms with E-state index in [9.17, 15) is 0 Å². The van der Waals surface area contributed by atoms with Gasteiger partial charge in [-0.05, 0) is 38.8 Å². The number of likely N-dealkylation sites (N-methyl/N-ethyl adjacent to an activating group) is 1. The van der Waals surface area contributed by atoms with Gasteiger partial charge in [-0.2, -0.15) is 0 Å². The molecule has 0 aliphatic carbocycles. The summed E-state index contributed by atoms with van der Waals surface area (Å²) in [5.74, 6) is 0.719. The molecule has 124 valence electrons. The molecule has 2 heterocycles. The fourth-order valence-corrected chi connectivity index (χ4v) is 3.76. The molecule has 21 heavy (non-hydrogen) atoms. The van der Waals surface area contributed by atoms with Gasteiger partial charge in [-0.25, -0.2) is 0 Å². The highest BCUT2D eigenvalue weighted by Gasteiger charge is 2.33. The average Bonchev–Trinajstić information content (AvgIpc) is 2.51. The number of rotatable bonds is 6. The molecule has 1 N–H and O–H groups in total. The molecule has 4 nitrogen and oxygen atoms in total. The van der Waals surface area contributed by atoms with Gasteiger partial charge in [0.2, 0.25) is 0 Å². The van der Waals surface area contributed by atoms with E-state index in [1.807, 2.05) is 0 Å². The van der Waals surface area contributed by atoms with Crippen LogP contribution in [0.5, 0.6) is 0 Å². The summed E-state index contributed by atoms with van der Waals surface area (Å²) in [7, 11) is 0. The maximum atomic E-state index is 5.99. The van der Waals surface area contributed by atoms with Crippen molar-refractivity contribution in [2.24, 2.45) is 5.92 Å². The summed E-state index contributed by atoms with van der Waals surface area (Å²) >= 11 is 0. The van der Waals surface area contributed by atoms with Crippen molar-refractivity contribution in [1.82, 2.24) is 15.1 Å². The molecular weight excluding hydrogens is 262 g/mol. The normalized spacial score (nSPS) is 36.0. The minimum atomic E-state index is 0.397. The molecule has 0 aromatic carbocycles. The lowest BCUT2D eigenvalue weighted by Gasteiger charge is -2.45. The molecule has 0 radical (unpaired) electrons. The number of nitrogens with zero attached hydrogens (tertiary/aromatic N) is 2. The predicted molar refractivity (Wildman–Crippen MR) is 88.8 cm³/mol. The molecule has 0 spiro atoms. The Balaban J connectivity index is 1.82. The molecule has 4 unspecified atom stereocenters.